The summed E-state index contributed by atoms with van der Waals surface area (Å²) < 4.78 is 30.6. The topological polar surface area (TPSA) is 62.7 Å². The molecule has 1 aromatic heterocycles. The van der Waals surface area contributed by atoms with E-state index in [4.69, 9.17) is 9.72 Å². The monoisotopic (exact) mass is 379 g/mol. The van der Waals surface area contributed by atoms with Crippen LogP contribution in [-0.4, -0.2) is 57.4 Å². The molecule has 1 aromatic carbocycles. The summed E-state index contributed by atoms with van der Waals surface area (Å²) in [5.41, 5.74) is 3.90. The van der Waals surface area contributed by atoms with Gasteiger partial charge in [0.15, 0.2) is 0 Å². The minimum absolute atomic E-state index is 0.525. The standard InChI is InChI=1S/C17H21N3O3S2/c1-25(21,22)20-5-4-14-10-13(2-3-16(14)20)15-12-24-17(18-15)11-19-6-8-23-9-7-19/h2-3,10,12H,4-9,11H2,1H3. The van der Waals surface area contributed by atoms with E-state index in [1.165, 1.54) is 10.6 Å². The summed E-state index contributed by atoms with van der Waals surface area (Å²) in [6.07, 6.45) is 2.01. The van der Waals surface area contributed by atoms with Crippen molar-refractivity contribution in [2.75, 3.05) is 43.4 Å². The van der Waals surface area contributed by atoms with Gasteiger partial charge >= 0.3 is 0 Å². The number of hydrogen-bond acceptors (Lipinski definition) is 6. The van der Waals surface area contributed by atoms with Crippen LogP contribution in [0.25, 0.3) is 11.3 Å². The van der Waals surface area contributed by atoms with E-state index in [0.717, 1.165) is 66.8 Å². The number of ether oxygens (including phenoxy) is 1. The lowest BCUT2D eigenvalue weighted by molar-refractivity contribution is 0.0342. The van der Waals surface area contributed by atoms with E-state index >= 15 is 0 Å². The summed E-state index contributed by atoms with van der Waals surface area (Å²) in [5, 5.41) is 3.19. The largest absolute Gasteiger partial charge is 0.379 e. The van der Waals surface area contributed by atoms with Gasteiger partial charge < -0.3 is 4.74 Å². The normalized spacial score (nSPS) is 18.5. The minimum Gasteiger partial charge on any atom is -0.379 e. The molecule has 0 unspecified atom stereocenters. The summed E-state index contributed by atoms with van der Waals surface area (Å²) in [5.74, 6) is 0. The molecule has 2 aliphatic rings. The first kappa shape index (κ1) is 17.0. The quantitative estimate of drug-likeness (QED) is 0.813. The molecule has 0 aliphatic carbocycles. The third-order valence-corrected chi connectivity index (χ3v) is 6.66. The third-order valence-electron chi connectivity index (χ3n) is 4.64. The number of rotatable bonds is 4. The molecular formula is C17H21N3O3S2. The average Bonchev–Trinajstić information content (AvgIpc) is 3.21. The minimum atomic E-state index is -3.20. The summed E-state index contributed by atoms with van der Waals surface area (Å²) in [6, 6.07) is 5.95. The first-order chi connectivity index (χ1) is 12.0. The molecule has 1 saturated heterocycles. The SMILES string of the molecule is CS(=O)(=O)N1CCc2cc(-c3csc(CN4CCOCC4)n3)ccc21. The summed E-state index contributed by atoms with van der Waals surface area (Å²) >= 11 is 1.68. The van der Waals surface area contributed by atoms with Crippen LogP contribution in [-0.2, 0) is 27.7 Å². The van der Waals surface area contributed by atoms with Crippen LogP contribution in [0.5, 0.6) is 0 Å². The first-order valence-corrected chi connectivity index (χ1v) is 11.1. The lowest BCUT2D eigenvalue weighted by atomic mass is 10.1. The van der Waals surface area contributed by atoms with E-state index in [1.807, 2.05) is 12.1 Å². The molecule has 4 rings (SSSR count). The molecule has 6 nitrogen and oxygen atoms in total. The zero-order valence-electron chi connectivity index (χ0n) is 14.1. The Balaban J connectivity index is 1.53. The van der Waals surface area contributed by atoms with Crippen molar-refractivity contribution in [1.82, 2.24) is 9.88 Å². The Morgan fingerprint density at radius 3 is 2.80 bits per heavy atom. The predicted octanol–water partition coefficient (Wildman–Crippen LogP) is 1.96. The molecule has 0 saturated carbocycles. The first-order valence-electron chi connectivity index (χ1n) is 8.36. The highest BCUT2D eigenvalue weighted by Gasteiger charge is 2.26. The zero-order valence-corrected chi connectivity index (χ0v) is 15.8. The Labute approximate surface area is 152 Å². The number of benzene rings is 1. The zero-order chi connectivity index (χ0) is 17.4. The molecule has 1 fully saturated rings. The maximum Gasteiger partial charge on any atom is 0.232 e. The van der Waals surface area contributed by atoms with Crippen LogP contribution in [0, 0.1) is 0 Å². The molecule has 0 atom stereocenters. The van der Waals surface area contributed by atoms with Gasteiger partial charge in [0.2, 0.25) is 10.0 Å². The van der Waals surface area contributed by atoms with Crippen LogP contribution < -0.4 is 4.31 Å². The fraction of sp³-hybridized carbons (Fsp3) is 0.471. The third kappa shape index (κ3) is 3.57. The molecule has 3 heterocycles. The van der Waals surface area contributed by atoms with Crippen molar-refractivity contribution in [3.63, 3.8) is 0 Å². The highest BCUT2D eigenvalue weighted by atomic mass is 32.2. The van der Waals surface area contributed by atoms with Gasteiger partial charge in [0, 0.05) is 30.6 Å². The van der Waals surface area contributed by atoms with Crippen molar-refractivity contribution in [1.29, 1.82) is 0 Å². The van der Waals surface area contributed by atoms with Gasteiger partial charge in [-0.05, 0) is 24.1 Å². The van der Waals surface area contributed by atoms with Crippen molar-refractivity contribution < 1.29 is 13.2 Å². The number of nitrogens with zero attached hydrogens (tertiary/aromatic N) is 3. The molecule has 0 amide bonds. The van der Waals surface area contributed by atoms with Gasteiger partial charge in [-0.15, -0.1) is 11.3 Å². The molecule has 0 N–H and O–H groups in total. The van der Waals surface area contributed by atoms with E-state index in [2.05, 4.69) is 16.3 Å². The van der Waals surface area contributed by atoms with Gasteiger partial charge in [-0.3, -0.25) is 9.21 Å². The van der Waals surface area contributed by atoms with E-state index in [9.17, 15) is 8.42 Å². The van der Waals surface area contributed by atoms with E-state index < -0.39 is 10.0 Å². The second-order valence-corrected chi connectivity index (χ2v) is 9.29. The van der Waals surface area contributed by atoms with Crippen molar-refractivity contribution in [3.8, 4) is 11.3 Å². The fourth-order valence-electron chi connectivity index (χ4n) is 3.34. The Kier molecular flexibility index (Phi) is 4.53. The summed E-state index contributed by atoms with van der Waals surface area (Å²) in [4.78, 5) is 7.13. The highest BCUT2D eigenvalue weighted by molar-refractivity contribution is 7.92. The average molecular weight is 380 g/mol. The predicted molar refractivity (Wildman–Crippen MR) is 99.5 cm³/mol. The maximum absolute atomic E-state index is 11.8. The van der Waals surface area contributed by atoms with E-state index in [-0.39, 0.29) is 0 Å². The van der Waals surface area contributed by atoms with Gasteiger partial charge in [0.1, 0.15) is 5.01 Å². The molecule has 0 bridgehead atoms. The smallest absolute Gasteiger partial charge is 0.232 e. The van der Waals surface area contributed by atoms with Crippen LogP contribution in [0.3, 0.4) is 0 Å². The number of hydrogen-bond donors (Lipinski definition) is 0. The molecule has 8 heteroatoms. The molecule has 134 valence electrons. The Bertz CT molecular complexity index is 873. The number of sulfonamides is 1. The van der Waals surface area contributed by atoms with Crippen molar-refractivity contribution >= 4 is 27.0 Å². The molecule has 25 heavy (non-hydrogen) atoms. The molecular weight excluding hydrogens is 358 g/mol. The molecule has 0 radical (unpaired) electrons. The van der Waals surface area contributed by atoms with Crippen LogP contribution in [0.15, 0.2) is 23.6 Å². The maximum atomic E-state index is 11.8. The highest BCUT2D eigenvalue weighted by Crippen LogP contribution is 2.34. The Morgan fingerprint density at radius 2 is 2.04 bits per heavy atom. The van der Waals surface area contributed by atoms with Gasteiger partial charge in [-0.25, -0.2) is 13.4 Å². The lowest BCUT2D eigenvalue weighted by Gasteiger charge is -2.25. The number of thiazole rings is 1. The Morgan fingerprint density at radius 1 is 1.24 bits per heavy atom. The van der Waals surface area contributed by atoms with Gasteiger partial charge in [0.05, 0.1) is 37.4 Å². The molecule has 2 aliphatic heterocycles. The number of morpholine rings is 1. The summed E-state index contributed by atoms with van der Waals surface area (Å²) in [7, 11) is -3.20. The van der Waals surface area contributed by atoms with Crippen molar-refractivity contribution in [2.24, 2.45) is 0 Å². The van der Waals surface area contributed by atoms with Crippen LogP contribution >= 0.6 is 11.3 Å². The van der Waals surface area contributed by atoms with Crippen LogP contribution in [0.1, 0.15) is 10.6 Å². The number of aromatic nitrogens is 1. The van der Waals surface area contributed by atoms with Crippen LogP contribution in [0.2, 0.25) is 0 Å². The lowest BCUT2D eigenvalue weighted by Crippen LogP contribution is -2.35. The van der Waals surface area contributed by atoms with Crippen LogP contribution in [0.4, 0.5) is 5.69 Å². The summed E-state index contributed by atoms with van der Waals surface area (Å²) in [6.45, 7) is 4.88. The molecule has 0 spiro atoms. The number of fused-ring (bicyclic) bond motifs is 1. The Hall–Kier alpha value is -1.48. The van der Waals surface area contributed by atoms with Gasteiger partial charge in [-0.2, -0.15) is 0 Å². The second-order valence-electron chi connectivity index (χ2n) is 6.44. The number of anilines is 1. The second kappa shape index (κ2) is 6.68. The van der Waals surface area contributed by atoms with E-state index in [1.54, 1.807) is 11.3 Å². The van der Waals surface area contributed by atoms with Crippen molar-refractivity contribution in [3.05, 3.63) is 34.2 Å². The van der Waals surface area contributed by atoms with Gasteiger partial charge in [0.25, 0.3) is 0 Å². The fourth-order valence-corrected chi connectivity index (χ4v) is 5.14. The van der Waals surface area contributed by atoms with Gasteiger partial charge in [-0.1, -0.05) is 6.07 Å². The molecule has 2 aromatic rings. The van der Waals surface area contributed by atoms with Crippen molar-refractivity contribution in [2.45, 2.75) is 13.0 Å². The van der Waals surface area contributed by atoms with E-state index in [0.29, 0.717) is 6.54 Å².